The Morgan fingerprint density at radius 2 is 2.00 bits per heavy atom. The molecule has 17 heavy (non-hydrogen) atoms. The number of nitrogens with zero attached hydrogens (tertiary/aromatic N) is 3. The van der Waals surface area contributed by atoms with Gasteiger partial charge in [-0.25, -0.2) is 15.0 Å². The Hall–Kier alpha value is -1.70. The molecule has 3 aromatic rings. The predicted octanol–water partition coefficient (Wildman–Crippen LogP) is 2.21. The average Bonchev–Trinajstić information content (AvgIpc) is 2.75. The maximum absolute atomic E-state index is 5.76. The Morgan fingerprint density at radius 1 is 1.18 bits per heavy atom. The van der Waals surface area contributed by atoms with Gasteiger partial charge in [0.05, 0.1) is 0 Å². The molecule has 3 N–H and O–H groups in total. The van der Waals surface area contributed by atoms with Crippen LogP contribution >= 0.6 is 22.6 Å². The summed E-state index contributed by atoms with van der Waals surface area (Å²) in [4.78, 5) is 15.6. The second-order valence-electron chi connectivity index (χ2n) is 3.52. The highest BCUT2D eigenvalue weighted by molar-refractivity contribution is 14.1. The molecule has 5 nitrogen and oxygen atoms in total. The minimum Gasteiger partial charge on any atom is -0.382 e. The van der Waals surface area contributed by atoms with Crippen molar-refractivity contribution >= 4 is 39.6 Å². The zero-order chi connectivity index (χ0) is 11.8. The number of anilines is 1. The monoisotopic (exact) mass is 337 g/mol. The van der Waals surface area contributed by atoms with Crippen LogP contribution in [0.15, 0.2) is 30.6 Å². The molecule has 0 aliphatic carbocycles. The van der Waals surface area contributed by atoms with Crippen molar-refractivity contribution in [1.29, 1.82) is 0 Å². The molecule has 0 aliphatic rings. The van der Waals surface area contributed by atoms with E-state index in [0.29, 0.717) is 17.0 Å². The lowest BCUT2D eigenvalue weighted by Gasteiger charge is -1.98. The van der Waals surface area contributed by atoms with E-state index in [-0.39, 0.29) is 0 Å². The first-order valence-electron chi connectivity index (χ1n) is 4.97. The number of nitrogen functional groups attached to an aromatic ring is 1. The van der Waals surface area contributed by atoms with Gasteiger partial charge in [-0.05, 0) is 28.7 Å². The van der Waals surface area contributed by atoms with E-state index in [1.54, 1.807) is 0 Å². The van der Waals surface area contributed by atoms with Crippen molar-refractivity contribution in [3.05, 3.63) is 34.2 Å². The molecule has 0 bridgehead atoms. The molecule has 0 spiro atoms. The van der Waals surface area contributed by atoms with Gasteiger partial charge < -0.3 is 10.7 Å². The Bertz CT molecular complexity index is 691. The molecular weight excluding hydrogens is 329 g/mol. The number of H-pyrrole nitrogens is 1. The first-order valence-corrected chi connectivity index (χ1v) is 6.04. The summed E-state index contributed by atoms with van der Waals surface area (Å²) in [6, 6.07) is 7.99. The molecule has 0 fully saturated rings. The van der Waals surface area contributed by atoms with E-state index >= 15 is 0 Å². The fourth-order valence-corrected chi connectivity index (χ4v) is 2.27. The Labute approximate surface area is 111 Å². The molecule has 2 aromatic heterocycles. The third-order valence-corrected chi connectivity index (χ3v) is 3.39. The number of nitrogens with one attached hydrogen (secondary N) is 1. The van der Waals surface area contributed by atoms with Crippen LogP contribution in [-0.2, 0) is 0 Å². The number of hydrogen-bond acceptors (Lipinski definition) is 4. The van der Waals surface area contributed by atoms with E-state index in [1.807, 2.05) is 24.3 Å². The van der Waals surface area contributed by atoms with Crippen molar-refractivity contribution in [2.45, 2.75) is 0 Å². The minimum absolute atomic E-state index is 0.416. The van der Waals surface area contributed by atoms with Crippen LogP contribution in [0.5, 0.6) is 0 Å². The second-order valence-corrected chi connectivity index (χ2v) is 4.68. The predicted molar refractivity (Wildman–Crippen MR) is 74.2 cm³/mol. The number of aromatic nitrogens is 4. The zero-order valence-electron chi connectivity index (χ0n) is 8.68. The molecule has 0 radical (unpaired) electrons. The molecule has 0 aliphatic heterocycles. The molecule has 0 saturated heterocycles. The maximum Gasteiger partial charge on any atom is 0.183 e. The number of halogens is 1. The van der Waals surface area contributed by atoms with Crippen LogP contribution in [0.25, 0.3) is 22.6 Å². The molecule has 0 saturated carbocycles. The number of aromatic amines is 1. The summed E-state index contributed by atoms with van der Waals surface area (Å²) >= 11 is 2.27. The lowest BCUT2D eigenvalue weighted by Crippen LogP contribution is -1.91. The van der Waals surface area contributed by atoms with Crippen molar-refractivity contribution in [3.8, 4) is 11.4 Å². The van der Waals surface area contributed by atoms with E-state index in [1.165, 1.54) is 6.33 Å². The van der Waals surface area contributed by atoms with Crippen LogP contribution in [0.4, 0.5) is 5.82 Å². The van der Waals surface area contributed by atoms with Crippen LogP contribution in [0.1, 0.15) is 0 Å². The number of benzene rings is 1. The molecule has 0 atom stereocenters. The van der Waals surface area contributed by atoms with Gasteiger partial charge >= 0.3 is 0 Å². The summed E-state index contributed by atoms with van der Waals surface area (Å²) in [5, 5.41) is 0. The van der Waals surface area contributed by atoms with Crippen molar-refractivity contribution in [1.82, 2.24) is 19.9 Å². The zero-order valence-corrected chi connectivity index (χ0v) is 10.8. The van der Waals surface area contributed by atoms with Crippen LogP contribution in [-0.4, -0.2) is 19.9 Å². The largest absolute Gasteiger partial charge is 0.382 e. The van der Waals surface area contributed by atoms with E-state index in [4.69, 9.17) is 5.73 Å². The van der Waals surface area contributed by atoms with Crippen molar-refractivity contribution < 1.29 is 0 Å². The number of fused-ring (bicyclic) bond motifs is 1. The topological polar surface area (TPSA) is 80.5 Å². The highest BCUT2D eigenvalue weighted by Crippen LogP contribution is 2.25. The summed E-state index contributed by atoms with van der Waals surface area (Å²) in [6.45, 7) is 0. The molecule has 1 aromatic carbocycles. The SMILES string of the molecule is Nc1ncnc2nc(-c3ccccc3I)[nH]c12. The highest BCUT2D eigenvalue weighted by Gasteiger charge is 2.10. The van der Waals surface area contributed by atoms with Gasteiger partial charge in [0.15, 0.2) is 11.5 Å². The van der Waals surface area contributed by atoms with Gasteiger partial charge in [-0.1, -0.05) is 18.2 Å². The third kappa shape index (κ3) is 1.74. The Balaban J connectivity index is 2.26. The fraction of sp³-hybridized carbons (Fsp3) is 0. The van der Waals surface area contributed by atoms with Gasteiger partial charge in [0.25, 0.3) is 0 Å². The van der Waals surface area contributed by atoms with E-state index in [2.05, 4.69) is 42.5 Å². The molecule has 0 unspecified atom stereocenters. The third-order valence-electron chi connectivity index (χ3n) is 2.45. The van der Waals surface area contributed by atoms with Crippen molar-refractivity contribution in [2.75, 3.05) is 5.73 Å². The van der Waals surface area contributed by atoms with E-state index in [9.17, 15) is 0 Å². The van der Waals surface area contributed by atoms with Gasteiger partial charge in [-0.3, -0.25) is 0 Å². The maximum atomic E-state index is 5.76. The van der Waals surface area contributed by atoms with Gasteiger partial charge in [0, 0.05) is 9.13 Å². The van der Waals surface area contributed by atoms with Gasteiger partial charge in [0.1, 0.15) is 17.7 Å². The van der Waals surface area contributed by atoms with Gasteiger partial charge in [-0.2, -0.15) is 0 Å². The number of hydrogen-bond donors (Lipinski definition) is 2. The molecule has 0 amide bonds. The summed E-state index contributed by atoms with van der Waals surface area (Å²) in [5.41, 5.74) is 8.07. The summed E-state index contributed by atoms with van der Waals surface area (Å²) in [5.74, 6) is 1.18. The molecular formula is C11H8IN5. The minimum atomic E-state index is 0.416. The standard InChI is InChI=1S/C11H8IN5/c12-7-4-2-1-3-6(7)10-16-8-9(13)14-5-15-11(8)17-10/h1-5H,(H3,13,14,15,16,17). The second kappa shape index (κ2) is 3.95. The smallest absolute Gasteiger partial charge is 0.183 e. The van der Waals surface area contributed by atoms with Gasteiger partial charge in [0.2, 0.25) is 0 Å². The fourth-order valence-electron chi connectivity index (χ4n) is 1.63. The van der Waals surface area contributed by atoms with Crippen LogP contribution < -0.4 is 5.73 Å². The highest BCUT2D eigenvalue weighted by atomic mass is 127. The molecule has 2 heterocycles. The number of nitrogens with two attached hydrogens (primary N) is 1. The van der Waals surface area contributed by atoms with E-state index < -0.39 is 0 Å². The normalized spacial score (nSPS) is 10.9. The summed E-state index contributed by atoms with van der Waals surface area (Å²) in [6.07, 6.45) is 1.41. The first kappa shape index (κ1) is 10.5. The average molecular weight is 337 g/mol. The Kier molecular flexibility index (Phi) is 2.43. The number of rotatable bonds is 1. The lowest BCUT2D eigenvalue weighted by molar-refractivity contribution is 1.21. The van der Waals surface area contributed by atoms with Gasteiger partial charge in [-0.15, -0.1) is 0 Å². The van der Waals surface area contributed by atoms with Crippen LogP contribution in [0.3, 0.4) is 0 Å². The Morgan fingerprint density at radius 3 is 2.76 bits per heavy atom. The van der Waals surface area contributed by atoms with Crippen LogP contribution in [0, 0.1) is 3.57 Å². The van der Waals surface area contributed by atoms with Crippen LogP contribution in [0.2, 0.25) is 0 Å². The molecule has 84 valence electrons. The molecule has 6 heteroatoms. The quantitative estimate of drug-likeness (QED) is 0.667. The first-order chi connectivity index (χ1) is 8.25. The van der Waals surface area contributed by atoms with E-state index in [0.717, 1.165) is 15.0 Å². The van der Waals surface area contributed by atoms with Crippen molar-refractivity contribution in [2.24, 2.45) is 0 Å². The molecule has 3 rings (SSSR count). The number of imidazole rings is 1. The summed E-state index contributed by atoms with van der Waals surface area (Å²) < 4.78 is 1.12. The lowest BCUT2D eigenvalue weighted by atomic mass is 10.2. The summed E-state index contributed by atoms with van der Waals surface area (Å²) in [7, 11) is 0. The van der Waals surface area contributed by atoms with Crippen molar-refractivity contribution in [3.63, 3.8) is 0 Å².